The molecular formula is C18H28N4O2. The second-order valence-corrected chi connectivity index (χ2v) is 7.49. The van der Waals surface area contributed by atoms with Gasteiger partial charge in [0.15, 0.2) is 0 Å². The monoisotopic (exact) mass is 332 g/mol. The van der Waals surface area contributed by atoms with Crippen molar-refractivity contribution >= 4 is 17.4 Å². The summed E-state index contributed by atoms with van der Waals surface area (Å²) in [6.07, 6.45) is 1.23. The Morgan fingerprint density at radius 1 is 1.25 bits per heavy atom. The lowest BCUT2D eigenvalue weighted by Gasteiger charge is -2.41. The van der Waals surface area contributed by atoms with Crippen molar-refractivity contribution in [3.8, 4) is 0 Å². The zero-order valence-electron chi connectivity index (χ0n) is 14.8. The van der Waals surface area contributed by atoms with Crippen LogP contribution in [0.3, 0.4) is 0 Å². The summed E-state index contributed by atoms with van der Waals surface area (Å²) in [5.41, 5.74) is 2.47. The number of carbonyl (C=O) groups is 1. The first-order valence-electron chi connectivity index (χ1n) is 8.66. The number of aryl methyl sites for hydroxylation is 1. The van der Waals surface area contributed by atoms with Crippen LogP contribution in [-0.4, -0.2) is 60.9 Å². The Bertz CT molecular complexity index is 601. The molecule has 1 heterocycles. The molecule has 2 aliphatic rings. The number of hydrogen-bond donors (Lipinski definition) is 3. The SMILES string of the molecule is Cc1cc(N2CCN(C)CC2)ccc1NC(=O)NC1CC(C)(O)C1. The Balaban J connectivity index is 1.56. The molecular weight excluding hydrogens is 304 g/mol. The van der Waals surface area contributed by atoms with Crippen LogP contribution in [0.15, 0.2) is 18.2 Å². The van der Waals surface area contributed by atoms with Gasteiger partial charge in [0.05, 0.1) is 5.60 Å². The van der Waals surface area contributed by atoms with Crippen molar-refractivity contribution in [1.29, 1.82) is 0 Å². The number of nitrogens with zero attached hydrogens (tertiary/aromatic N) is 2. The Morgan fingerprint density at radius 2 is 1.92 bits per heavy atom. The third kappa shape index (κ3) is 3.99. The number of nitrogens with one attached hydrogen (secondary N) is 2. The maximum absolute atomic E-state index is 12.1. The van der Waals surface area contributed by atoms with Crippen molar-refractivity contribution < 1.29 is 9.90 Å². The van der Waals surface area contributed by atoms with Gasteiger partial charge in [0.25, 0.3) is 0 Å². The molecule has 0 radical (unpaired) electrons. The summed E-state index contributed by atoms with van der Waals surface area (Å²) in [5.74, 6) is 0. The molecule has 0 spiro atoms. The number of benzene rings is 1. The highest BCUT2D eigenvalue weighted by molar-refractivity contribution is 5.90. The molecule has 3 N–H and O–H groups in total. The van der Waals surface area contributed by atoms with Gasteiger partial charge in [-0.2, -0.15) is 0 Å². The van der Waals surface area contributed by atoms with Crippen molar-refractivity contribution in [1.82, 2.24) is 10.2 Å². The summed E-state index contributed by atoms with van der Waals surface area (Å²) in [7, 11) is 2.15. The van der Waals surface area contributed by atoms with E-state index < -0.39 is 5.60 Å². The second kappa shape index (κ2) is 6.61. The smallest absolute Gasteiger partial charge is 0.319 e. The molecule has 0 aromatic heterocycles. The first kappa shape index (κ1) is 17.0. The van der Waals surface area contributed by atoms with E-state index in [1.165, 1.54) is 5.69 Å². The van der Waals surface area contributed by atoms with Crippen molar-refractivity contribution in [2.24, 2.45) is 0 Å². The van der Waals surface area contributed by atoms with E-state index in [9.17, 15) is 9.90 Å². The number of aliphatic hydroxyl groups is 1. The lowest BCUT2D eigenvalue weighted by molar-refractivity contribution is -0.0351. The average molecular weight is 332 g/mol. The summed E-state index contributed by atoms with van der Waals surface area (Å²) >= 11 is 0. The van der Waals surface area contributed by atoms with E-state index in [4.69, 9.17) is 0 Å². The van der Waals surface area contributed by atoms with E-state index >= 15 is 0 Å². The first-order valence-corrected chi connectivity index (χ1v) is 8.66. The Kier molecular flexibility index (Phi) is 4.69. The second-order valence-electron chi connectivity index (χ2n) is 7.49. The van der Waals surface area contributed by atoms with Gasteiger partial charge >= 0.3 is 6.03 Å². The Hall–Kier alpha value is -1.79. The number of likely N-dealkylation sites (N-methyl/N-ethyl adjacent to an activating group) is 1. The maximum atomic E-state index is 12.1. The van der Waals surface area contributed by atoms with Gasteiger partial charge in [0.1, 0.15) is 0 Å². The summed E-state index contributed by atoms with van der Waals surface area (Å²) in [4.78, 5) is 16.8. The molecule has 1 aromatic rings. The summed E-state index contributed by atoms with van der Waals surface area (Å²) < 4.78 is 0. The van der Waals surface area contributed by atoms with Crippen LogP contribution in [0.2, 0.25) is 0 Å². The number of piperazine rings is 1. The summed E-state index contributed by atoms with van der Waals surface area (Å²) in [5, 5.41) is 15.5. The molecule has 1 saturated heterocycles. The predicted molar refractivity (Wildman–Crippen MR) is 96.7 cm³/mol. The molecule has 0 bridgehead atoms. The fourth-order valence-electron chi connectivity index (χ4n) is 3.50. The normalized spacial score (nSPS) is 27.5. The quantitative estimate of drug-likeness (QED) is 0.789. The molecule has 3 rings (SSSR count). The van der Waals surface area contributed by atoms with E-state index in [0.717, 1.165) is 37.4 Å². The minimum absolute atomic E-state index is 0.0601. The van der Waals surface area contributed by atoms with Crippen LogP contribution in [-0.2, 0) is 0 Å². The van der Waals surface area contributed by atoms with Crippen LogP contribution in [0.5, 0.6) is 0 Å². The zero-order chi connectivity index (χ0) is 17.3. The molecule has 2 fully saturated rings. The van der Waals surface area contributed by atoms with Gasteiger partial charge in [-0.05, 0) is 57.5 Å². The fourth-order valence-corrected chi connectivity index (χ4v) is 3.50. The van der Waals surface area contributed by atoms with Gasteiger partial charge in [-0.3, -0.25) is 0 Å². The predicted octanol–water partition coefficient (Wildman–Crippen LogP) is 1.78. The third-order valence-electron chi connectivity index (χ3n) is 5.03. The fraction of sp³-hybridized carbons (Fsp3) is 0.611. The van der Waals surface area contributed by atoms with E-state index in [-0.39, 0.29) is 12.1 Å². The van der Waals surface area contributed by atoms with E-state index in [1.807, 2.05) is 13.0 Å². The lowest BCUT2D eigenvalue weighted by Crippen LogP contribution is -2.54. The topological polar surface area (TPSA) is 67.8 Å². The molecule has 6 nitrogen and oxygen atoms in total. The minimum atomic E-state index is -0.627. The first-order chi connectivity index (χ1) is 11.3. The van der Waals surface area contributed by atoms with Crippen LogP contribution in [0.25, 0.3) is 0 Å². The third-order valence-corrected chi connectivity index (χ3v) is 5.03. The Morgan fingerprint density at radius 3 is 2.50 bits per heavy atom. The number of rotatable bonds is 3. The van der Waals surface area contributed by atoms with Gasteiger partial charge in [0.2, 0.25) is 0 Å². The highest BCUT2D eigenvalue weighted by atomic mass is 16.3. The largest absolute Gasteiger partial charge is 0.390 e. The standard InChI is InChI=1S/C18H28N4O2/c1-13-10-15(22-8-6-21(3)7-9-22)4-5-16(13)20-17(23)19-14-11-18(2,24)12-14/h4-5,10,14,24H,6-9,11-12H2,1-3H3,(H2,19,20,23). The molecule has 1 aliphatic heterocycles. The van der Waals surface area contributed by atoms with Gasteiger partial charge < -0.3 is 25.5 Å². The molecule has 6 heteroatoms. The number of anilines is 2. The van der Waals surface area contributed by atoms with E-state index in [2.05, 4.69) is 39.6 Å². The number of urea groups is 1. The van der Waals surface area contributed by atoms with Crippen LogP contribution in [0.1, 0.15) is 25.3 Å². The molecule has 0 atom stereocenters. The molecule has 132 valence electrons. The average Bonchev–Trinajstić information content (AvgIpc) is 2.48. The highest BCUT2D eigenvalue weighted by Gasteiger charge is 2.39. The number of hydrogen-bond acceptors (Lipinski definition) is 4. The van der Waals surface area contributed by atoms with Crippen molar-refractivity contribution in [3.63, 3.8) is 0 Å². The summed E-state index contributed by atoms with van der Waals surface area (Å²) in [6.45, 7) is 8.03. The highest BCUT2D eigenvalue weighted by Crippen LogP contribution is 2.31. The Labute approximate surface area is 143 Å². The van der Waals surface area contributed by atoms with Crippen LogP contribution in [0.4, 0.5) is 16.2 Å². The molecule has 1 saturated carbocycles. The van der Waals surface area contributed by atoms with Crippen LogP contribution in [0, 0.1) is 6.92 Å². The van der Waals surface area contributed by atoms with Gasteiger partial charge in [0, 0.05) is 43.6 Å². The molecule has 1 aliphatic carbocycles. The maximum Gasteiger partial charge on any atom is 0.319 e. The van der Waals surface area contributed by atoms with Crippen LogP contribution < -0.4 is 15.5 Å². The molecule has 0 unspecified atom stereocenters. The van der Waals surface area contributed by atoms with Gasteiger partial charge in [-0.15, -0.1) is 0 Å². The van der Waals surface area contributed by atoms with Crippen molar-refractivity contribution in [2.45, 2.75) is 38.3 Å². The van der Waals surface area contributed by atoms with Crippen molar-refractivity contribution in [2.75, 3.05) is 43.4 Å². The molecule has 1 aromatic carbocycles. The lowest BCUT2D eigenvalue weighted by atomic mass is 9.77. The van der Waals surface area contributed by atoms with Crippen molar-refractivity contribution in [3.05, 3.63) is 23.8 Å². The van der Waals surface area contributed by atoms with Crippen LogP contribution >= 0.6 is 0 Å². The van der Waals surface area contributed by atoms with E-state index in [1.54, 1.807) is 6.92 Å². The number of amides is 2. The zero-order valence-corrected chi connectivity index (χ0v) is 14.8. The van der Waals surface area contributed by atoms with Gasteiger partial charge in [-0.1, -0.05) is 0 Å². The van der Waals surface area contributed by atoms with Gasteiger partial charge in [-0.25, -0.2) is 4.79 Å². The van der Waals surface area contributed by atoms with E-state index in [0.29, 0.717) is 12.8 Å². The minimum Gasteiger partial charge on any atom is -0.390 e. The molecule has 2 amide bonds. The number of carbonyl (C=O) groups excluding carboxylic acids is 1. The summed E-state index contributed by atoms with van der Waals surface area (Å²) in [6, 6.07) is 6.03. The molecule has 24 heavy (non-hydrogen) atoms.